The Bertz CT molecular complexity index is 2050. The Labute approximate surface area is 319 Å². The number of esters is 2. The van der Waals surface area contributed by atoms with Gasteiger partial charge in [0.25, 0.3) is 0 Å². The van der Waals surface area contributed by atoms with Crippen LogP contribution < -0.4 is 41.3 Å². The van der Waals surface area contributed by atoms with Gasteiger partial charge in [0.15, 0.2) is 0 Å². The molecule has 0 amide bonds. The van der Waals surface area contributed by atoms with E-state index in [9.17, 15) is 9.59 Å². The van der Waals surface area contributed by atoms with E-state index in [0.29, 0.717) is 11.5 Å². The molecule has 0 heterocycles. The predicted molar refractivity (Wildman–Crippen MR) is 227 cm³/mol. The van der Waals surface area contributed by atoms with Crippen LogP contribution in [0.5, 0.6) is 11.5 Å². The van der Waals surface area contributed by atoms with Crippen molar-refractivity contribution in [2.24, 2.45) is 0 Å². The fraction of sp³-hybridized carbons (Fsp3) is 0.0833. The van der Waals surface area contributed by atoms with E-state index in [1.54, 1.807) is 0 Å². The second-order valence-corrected chi connectivity index (χ2v) is 20.2. The van der Waals surface area contributed by atoms with E-state index < -0.39 is 14.5 Å². The lowest BCUT2D eigenvalue weighted by atomic mass is 10.2. The molecular formula is C48H42O4P2+2. The van der Waals surface area contributed by atoms with Crippen molar-refractivity contribution >= 4 is 58.3 Å². The first kappa shape index (κ1) is 36.7. The summed E-state index contributed by atoms with van der Waals surface area (Å²) >= 11 is 0. The highest BCUT2D eigenvalue weighted by atomic mass is 31.2. The van der Waals surface area contributed by atoms with Crippen molar-refractivity contribution in [1.82, 2.24) is 0 Å². The van der Waals surface area contributed by atoms with Crippen LogP contribution in [0.1, 0.15) is 25.0 Å². The van der Waals surface area contributed by atoms with Crippen molar-refractivity contribution in [3.8, 4) is 11.5 Å². The maximum atomic E-state index is 11.8. The summed E-state index contributed by atoms with van der Waals surface area (Å²) in [6.07, 6.45) is 1.65. The summed E-state index contributed by atoms with van der Waals surface area (Å²) in [5.41, 5.74) is 2.50. The van der Waals surface area contributed by atoms with Crippen molar-refractivity contribution in [2.75, 3.05) is 0 Å². The Morgan fingerprint density at radius 3 is 0.833 bits per heavy atom. The number of carbonyl (C=O) groups excluding carboxylic acids is 2. The smallest absolute Gasteiger partial charge is 0.308 e. The first-order valence-corrected chi connectivity index (χ1v) is 22.0. The molecule has 0 N–H and O–H groups in total. The molecule has 0 bridgehead atoms. The maximum absolute atomic E-state index is 11.8. The Morgan fingerprint density at radius 1 is 0.352 bits per heavy atom. The van der Waals surface area contributed by atoms with Gasteiger partial charge < -0.3 is 9.47 Å². The van der Waals surface area contributed by atoms with Crippen LogP contribution in [0.15, 0.2) is 194 Å². The molecule has 0 atom stereocenters. The minimum atomic E-state index is -2.21. The molecule has 4 nitrogen and oxygen atoms in total. The summed E-state index contributed by atoms with van der Waals surface area (Å²) in [4.78, 5) is 23.5. The van der Waals surface area contributed by atoms with Crippen LogP contribution in [-0.2, 0) is 21.9 Å². The normalized spacial score (nSPS) is 11.4. The quantitative estimate of drug-likeness (QED) is 0.0716. The highest BCUT2D eigenvalue weighted by molar-refractivity contribution is 7.95. The van der Waals surface area contributed by atoms with E-state index in [-0.39, 0.29) is 11.9 Å². The molecular weight excluding hydrogens is 702 g/mol. The van der Waals surface area contributed by atoms with Gasteiger partial charge in [-0.15, -0.1) is 0 Å². The summed E-state index contributed by atoms with van der Waals surface area (Å²) in [6, 6.07) is 68.7. The first-order chi connectivity index (χ1) is 26.4. The SMILES string of the molecule is CC(=O)Oc1ccc([P+](Cc2ccc(C[P+](c3ccccc3)(c3ccccc3)c3ccc(OC(C)=O)cc3)cc2)(c2ccccc2)c2ccccc2)cc1. The van der Waals surface area contributed by atoms with Crippen molar-refractivity contribution in [3.63, 3.8) is 0 Å². The largest absolute Gasteiger partial charge is 0.427 e. The Balaban J connectivity index is 1.32. The van der Waals surface area contributed by atoms with Crippen LogP contribution in [-0.4, -0.2) is 11.9 Å². The summed E-state index contributed by atoms with van der Waals surface area (Å²) in [7, 11) is -4.43. The highest BCUT2D eigenvalue weighted by Gasteiger charge is 2.47. The third kappa shape index (κ3) is 7.82. The molecule has 0 fully saturated rings. The number of hydrogen-bond acceptors (Lipinski definition) is 4. The molecule has 0 spiro atoms. The van der Waals surface area contributed by atoms with E-state index in [4.69, 9.17) is 9.47 Å². The molecule has 6 heteroatoms. The fourth-order valence-corrected chi connectivity index (χ4v) is 15.8. The predicted octanol–water partition coefficient (Wildman–Crippen LogP) is 8.53. The van der Waals surface area contributed by atoms with Gasteiger partial charge in [-0.1, -0.05) is 97.1 Å². The number of hydrogen-bond donors (Lipinski definition) is 0. The van der Waals surface area contributed by atoms with Crippen LogP contribution in [0, 0.1) is 0 Å². The van der Waals surface area contributed by atoms with Crippen molar-refractivity contribution in [2.45, 2.75) is 26.2 Å². The highest BCUT2D eigenvalue weighted by Crippen LogP contribution is 2.60. The molecule has 0 saturated carbocycles. The fourth-order valence-electron chi connectivity index (χ4n) is 7.34. The van der Waals surface area contributed by atoms with Gasteiger partial charge in [0.2, 0.25) is 0 Å². The van der Waals surface area contributed by atoms with Gasteiger partial charge >= 0.3 is 11.9 Å². The topological polar surface area (TPSA) is 52.6 Å². The van der Waals surface area contributed by atoms with Crippen molar-refractivity contribution < 1.29 is 19.1 Å². The van der Waals surface area contributed by atoms with Crippen LogP contribution in [0.25, 0.3) is 0 Å². The zero-order chi connectivity index (χ0) is 37.4. The number of rotatable bonds is 12. The van der Waals surface area contributed by atoms with Gasteiger partial charge in [0.1, 0.15) is 57.9 Å². The molecule has 0 radical (unpaired) electrons. The molecule has 0 unspecified atom stereocenters. The van der Waals surface area contributed by atoms with Gasteiger partial charge in [-0.3, -0.25) is 9.59 Å². The maximum Gasteiger partial charge on any atom is 0.308 e. The number of carbonyl (C=O) groups is 2. The van der Waals surface area contributed by atoms with Crippen LogP contribution in [0.4, 0.5) is 0 Å². The first-order valence-electron chi connectivity index (χ1n) is 18.0. The molecule has 7 aromatic rings. The summed E-state index contributed by atoms with van der Waals surface area (Å²) in [6.45, 7) is 2.85. The van der Waals surface area contributed by atoms with E-state index in [1.165, 1.54) is 56.8 Å². The summed E-state index contributed by atoms with van der Waals surface area (Å²) < 4.78 is 10.9. The van der Waals surface area contributed by atoms with Crippen LogP contribution in [0.3, 0.4) is 0 Å². The second-order valence-electron chi connectivity index (χ2n) is 13.3. The Kier molecular flexibility index (Phi) is 11.3. The lowest BCUT2D eigenvalue weighted by Crippen LogP contribution is -2.33. The Hall–Kier alpha value is -5.66. The monoisotopic (exact) mass is 744 g/mol. The van der Waals surface area contributed by atoms with Gasteiger partial charge in [0.05, 0.1) is 12.3 Å². The van der Waals surface area contributed by atoms with E-state index >= 15 is 0 Å². The number of ether oxygens (including phenoxy) is 2. The average Bonchev–Trinajstić information content (AvgIpc) is 3.21. The standard InChI is InChI=1S/C48H42O4P2/c1-37(49)51-41-27-31-47(32-28-41)53(43-15-7-3-8-16-43,44-17-9-4-10-18-44)35-39-23-25-40(26-24-39)36-54(45-19-11-5-12-20-45,46-21-13-6-14-22-46)48-33-29-42(30-34-48)52-38(2)50/h3-34H,35-36H2,1-2H3/q+2. The third-order valence-electron chi connectivity index (χ3n) is 9.73. The molecule has 0 aromatic heterocycles. The summed E-state index contributed by atoms with van der Waals surface area (Å²) in [5, 5.41) is 7.59. The van der Waals surface area contributed by atoms with Gasteiger partial charge in [-0.2, -0.15) is 0 Å². The van der Waals surface area contributed by atoms with Crippen molar-refractivity contribution in [1.29, 1.82) is 0 Å². The van der Waals surface area contributed by atoms with Gasteiger partial charge in [-0.25, -0.2) is 0 Å². The summed E-state index contributed by atoms with van der Waals surface area (Å²) in [5.74, 6) is 0.416. The molecule has 0 saturated heterocycles. The molecule has 0 aliphatic carbocycles. The zero-order valence-corrected chi connectivity index (χ0v) is 32.2. The number of benzene rings is 7. The van der Waals surface area contributed by atoms with Crippen LogP contribution >= 0.6 is 14.5 Å². The zero-order valence-electron chi connectivity index (χ0n) is 30.4. The minimum absolute atomic E-state index is 0.333. The molecule has 7 aromatic carbocycles. The third-order valence-corrected chi connectivity index (χ3v) is 18.5. The van der Waals surface area contributed by atoms with E-state index in [2.05, 4.69) is 170 Å². The van der Waals surface area contributed by atoms with E-state index in [1.807, 2.05) is 24.3 Å². The Morgan fingerprint density at radius 2 is 0.593 bits per heavy atom. The van der Waals surface area contributed by atoms with Gasteiger partial charge in [0, 0.05) is 13.8 Å². The van der Waals surface area contributed by atoms with Gasteiger partial charge in [-0.05, 0) is 108 Å². The molecule has 266 valence electrons. The van der Waals surface area contributed by atoms with E-state index in [0.717, 1.165) is 12.3 Å². The average molecular weight is 745 g/mol. The van der Waals surface area contributed by atoms with Crippen molar-refractivity contribution in [3.05, 3.63) is 205 Å². The molecule has 0 aliphatic rings. The second kappa shape index (κ2) is 16.6. The molecule has 0 aliphatic heterocycles. The lowest BCUT2D eigenvalue weighted by Gasteiger charge is -2.29. The van der Waals surface area contributed by atoms with Crippen LogP contribution in [0.2, 0.25) is 0 Å². The minimum Gasteiger partial charge on any atom is -0.427 e. The lowest BCUT2D eigenvalue weighted by molar-refractivity contribution is -0.132. The molecule has 7 rings (SSSR count). The molecule has 54 heavy (non-hydrogen) atoms.